The summed E-state index contributed by atoms with van der Waals surface area (Å²) in [7, 11) is 1.41. The summed E-state index contributed by atoms with van der Waals surface area (Å²) in [5.41, 5.74) is 0. The highest BCUT2D eigenvalue weighted by Crippen LogP contribution is 2.12. The summed E-state index contributed by atoms with van der Waals surface area (Å²) in [6.07, 6.45) is 1.14. The molecule has 2 N–H and O–H groups in total. The van der Waals surface area contributed by atoms with Crippen LogP contribution >= 0.6 is 0 Å². The molecule has 0 aromatic carbocycles. The average Bonchev–Trinajstić information content (AvgIpc) is 1.97. The lowest BCUT2D eigenvalue weighted by molar-refractivity contribution is -0.887. The van der Waals surface area contributed by atoms with Crippen LogP contribution < -0.4 is 0 Å². The van der Waals surface area contributed by atoms with Gasteiger partial charge in [-0.05, 0) is 12.8 Å². The topological polar surface area (TPSA) is 91.7 Å². The molecule has 6 nitrogen and oxygen atoms in total. The van der Waals surface area contributed by atoms with Crippen molar-refractivity contribution in [1.29, 1.82) is 0 Å². The van der Waals surface area contributed by atoms with Crippen LogP contribution in [0.4, 0.5) is 0 Å². The van der Waals surface area contributed by atoms with Crippen molar-refractivity contribution < 1.29 is 27.4 Å². The molecule has 0 saturated carbocycles. The quantitative estimate of drug-likeness (QED) is 0.385. The second-order valence-corrected chi connectivity index (χ2v) is 6.32. The molecule has 1 unspecified atom stereocenters. The van der Waals surface area contributed by atoms with Crippen molar-refractivity contribution in [2.75, 3.05) is 26.9 Å². The zero-order chi connectivity index (χ0) is 13.0. The van der Waals surface area contributed by atoms with E-state index < -0.39 is 22.1 Å². The second-order valence-electron chi connectivity index (χ2n) is 4.75. The van der Waals surface area contributed by atoms with Crippen molar-refractivity contribution in [2.45, 2.75) is 25.3 Å². The van der Waals surface area contributed by atoms with E-state index in [4.69, 9.17) is 9.66 Å². The Morgan fingerprint density at radius 1 is 1.25 bits per heavy atom. The molecule has 96 valence electrons. The zero-order valence-corrected chi connectivity index (χ0v) is 10.7. The number of quaternary nitrogens is 1. The first-order chi connectivity index (χ1) is 7.04. The molecule has 0 saturated heterocycles. The van der Waals surface area contributed by atoms with Crippen LogP contribution in [0.3, 0.4) is 0 Å². The van der Waals surface area contributed by atoms with Crippen molar-refractivity contribution >= 4 is 16.1 Å². The van der Waals surface area contributed by atoms with Gasteiger partial charge in [-0.1, -0.05) is 0 Å². The standard InChI is InChI=1S/C9H19NO5S/c1-10(2,3)8(9(11)12)6-4-5-7-16(13,14)15/h8H,4-7H2,1-3H3,(H-,11,12,13,14,15)/p+1. The van der Waals surface area contributed by atoms with Gasteiger partial charge in [-0.2, -0.15) is 8.42 Å². The van der Waals surface area contributed by atoms with E-state index in [1.807, 2.05) is 0 Å². The highest BCUT2D eigenvalue weighted by Gasteiger charge is 2.30. The monoisotopic (exact) mass is 254 g/mol. The Kier molecular flexibility index (Phi) is 5.37. The fourth-order valence-corrected chi connectivity index (χ4v) is 2.03. The number of hydrogen-bond acceptors (Lipinski definition) is 3. The van der Waals surface area contributed by atoms with E-state index in [1.165, 1.54) is 0 Å². The molecule has 0 aliphatic rings. The van der Waals surface area contributed by atoms with Crippen LogP contribution in [0.5, 0.6) is 0 Å². The van der Waals surface area contributed by atoms with E-state index in [0.29, 0.717) is 17.3 Å². The maximum Gasteiger partial charge on any atom is 0.362 e. The first kappa shape index (κ1) is 15.3. The number of hydrogen-bond donors (Lipinski definition) is 2. The van der Waals surface area contributed by atoms with Gasteiger partial charge in [0, 0.05) is 6.42 Å². The Morgan fingerprint density at radius 3 is 2.06 bits per heavy atom. The van der Waals surface area contributed by atoms with E-state index in [2.05, 4.69) is 0 Å². The van der Waals surface area contributed by atoms with Crippen LogP contribution in [-0.2, 0) is 14.9 Å². The van der Waals surface area contributed by atoms with Gasteiger partial charge in [0.15, 0.2) is 6.04 Å². The van der Waals surface area contributed by atoms with Crippen LogP contribution in [0.1, 0.15) is 19.3 Å². The highest BCUT2D eigenvalue weighted by atomic mass is 32.2. The summed E-state index contributed by atoms with van der Waals surface area (Å²) in [4.78, 5) is 11.0. The van der Waals surface area contributed by atoms with Gasteiger partial charge in [0.25, 0.3) is 10.1 Å². The van der Waals surface area contributed by atoms with Crippen molar-refractivity contribution in [3.05, 3.63) is 0 Å². The third kappa shape index (κ3) is 6.76. The minimum absolute atomic E-state index is 0.280. The highest BCUT2D eigenvalue weighted by molar-refractivity contribution is 7.85. The Morgan fingerprint density at radius 2 is 1.75 bits per heavy atom. The fraction of sp³-hybridized carbons (Fsp3) is 0.889. The molecule has 0 aromatic heterocycles. The summed E-state index contributed by atoms with van der Waals surface area (Å²) in [6.45, 7) is 0. The Labute approximate surface area is 96.2 Å². The van der Waals surface area contributed by atoms with Crippen molar-refractivity contribution in [3.8, 4) is 0 Å². The zero-order valence-electron chi connectivity index (χ0n) is 9.88. The van der Waals surface area contributed by atoms with Gasteiger partial charge >= 0.3 is 5.97 Å². The van der Waals surface area contributed by atoms with E-state index in [1.54, 1.807) is 21.1 Å². The van der Waals surface area contributed by atoms with Crippen LogP contribution in [-0.4, -0.2) is 61.5 Å². The molecule has 0 aliphatic carbocycles. The lowest BCUT2D eigenvalue weighted by Gasteiger charge is -2.31. The molecule has 16 heavy (non-hydrogen) atoms. The van der Waals surface area contributed by atoms with E-state index >= 15 is 0 Å². The molecule has 0 radical (unpaired) electrons. The minimum atomic E-state index is -3.93. The normalized spacial score (nSPS) is 14.8. The Balaban J connectivity index is 4.12. The molecule has 0 spiro atoms. The lowest BCUT2D eigenvalue weighted by atomic mass is 10.1. The first-order valence-corrected chi connectivity index (χ1v) is 6.64. The van der Waals surface area contributed by atoms with Crippen LogP contribution in [0.15, 0.2) is 0 Å². The summed E-state index contributed by atoms with van der Waals surface area (Å²) >= 11 is 0. The molecule has 0 amide bonds. The molecule has 0 heterocycles. The largest absolute Gasteiger partial charge is 0.477 e. The maximum atomic E-state index is 11.0. The van der Waals surface area contributed by atoms with E-state index in [0.717, 1.165) is 0 Å². The molecule has 0 rings (SSSR count). The SMILES string of the molecule is C[N+](C)(C)C(CCCCS(=O)(=O)O)C(=O)O. The van der Waals surface area contributed by atoms with Gasteiger partial charge in [-0.15, -0.1) is 0 Å². The number of unbranched alkanes of at least 4 members (excludes halogenated alkanes) is 1. The average molecular weight is 254 g/mol. The van der Waals surface area contributed by atoms with Crippen LogP contribution in [0.2, 0.25) is 0 Å². The van der Waals surface area contributed by atoms with Gasteiger partial charge in [0.1, 0.15) is 0 Å². The number of carboxylic acid groups (broad SMARTS) is 1. The first-order valence-electron chi connectivity index (χ1n) is 5.03. The Bertz CT molecular complexity index is 330. The van der Waals surface area contributed by atoms with E-state index in [-0.39, 0.29) is 12.2 Å². The summed E-state index contributed by atoms with van der Waals surface area (Å²) in [6, 6.07) is -0.554. The summed E-state index contributed by atoms with van der Waals surface area (Å²) < 4.78 is 29.7. The molecular weight excluding hydrogens is 234 g/mol. The van der Waals surface area contributed by atoms with Gasteiger partial charge in [-0.25, -0.2) is 4.79 Å². The molecule has 0 bridgehead atoms. The molecular formula is C9H20NO5S+. The molecule has 0 fully saturated rings. The van der Waals surface area contributed by atoms with Gasteiger partial charge in [-0.3, -0.25) is 4.55 Å². The minimum Gasteiger partial charge on any atom is -0.477 e. The van der Waals surface area contributed by atoms with Gasteiger partial charge < -0.3 is 9.59 Å². The summed E-state index contributed by atoms with van der Waals surface area (Å²) in [5.74, 6) is -1.20. The number of nitrogens with zero attached hydrogens (tertiary/aromatic N) is 1. The van der Waals surface area contributed by atoms with Gasteiger partial charge in [0.2, 0.25) is 0 Å². The third-order valence-electron chi connectivity index (χ3n) is 2.35. The molecule has 0 aromatic rings. The number of rotatable bonds is 7. The van der Waals surface area contributed by atoms with Crippen LogP contribution in [0, 0.1) is 0 Å². The fourth-order valence-electron chi connectivity index (χ4n) is 1.46. The van der Waals surface area contributed by atoms with Crippen molar-refractivity contribution in [3.63, 3.8) is 0 Å². The Hall–Kier alpha value is -0.660. The molecule has 7 heteroatoms. The second kappa shape index (κ2) is 5.60. The third-order valence-corrected chi connectivity index (χ3v) is 3.15. The maximum absolute atomic E-state index is 11.0. The smallest absolute Gasteiger partial charge is 0.362 e. The predicted molar refractivity (Wildman–Crippen MR) is 59.7 cm³/mol. The van der Waals surface area contributed by atoms with Crippen LogP contribution in [0.25, 0.3) is 0 Å². The number of aliphatic carboxylic acids is 1. The van der Waals surface area contributed by atoms with Crippen molar-refractivity contribution in [1.82, 2.24) is 0 Å². The predicted octanol–water partition coefficient (Wildman–Crippen LogP) is 0.204. The number of carbonyl (C=O) groups is 1. The summed E-state index contributed by atoms with van der Waals surface area (Å²) in [5, 5.41) is 8.98. The number of likely N-dealkylation sites (N-methyl/N-ethyl adjacent to an activating group) is 1. The van der Waals surface area contributed by atoms with Gasteiger partial charge in [0.05, 0.1) is 26.9 Å². The molecule has 0 aliphatic heterocycles. The van der Waals surface area contributed by atoms with Crippen molar-refractivity contribution in [2.24, 2.45) is 0 Å². The molecule has 1 atom stereocenters. The number of carboxylic acids is 1. The lowest BCUT2D eigenvalue weighted by Crippen LogP contribution is -2.49. The van der Waals surface area contributed by atoms with E-state index in [9.17, 15) is 13.2 Å².